The number of nitrogens with zero attached hydrogens (tertiary/aromatic N) is 4. The highest BCUT2D eigenvalue weighted by atomic mass is 16.5. The van der Waals surface area contributed by atoms with Crippen LogP contribution in [0.5, 0.6) is 0 Å². The van der Waals surface area contributed by atoms with Crippen LogP contribution in [-0.4, -0.2) is 59.0 Å². The standard InChI is InChI=1S/C19H23N5O4/c1-11-9-16(28-22-11)19(26)24-7-5-23(6-8-24)13(3)17(25)21-18-15(10-20)12(2)14(4)27-18/h9,13H,5-8H2,1-4H3,(H,21,25). The number of hydrogen-bond donors (Lipinski definition) is 1. The van der Waals surface area contributed by atoms with Gasteiger partial charge in [-0.15, -0.1) is 0 Å². The lowest BCUT2D eigenvalue weighted by atomic mass is 10.1. The van der Waals surface area contributed by atoms with Crippen LogP contribution in [0.25, 0.3) is 0 Å². The van der Waals surface area contributed by atoms with Crippen molar-refractivity contribution in [2.24, 2.45) is 0 Å². The summed E-state index contributed by atoms with van der Waals surface area (Å²) in [6.45, 7) is 9.16. The predicted octanol–water partition coefficient (Wildman–Crippen LogP) is 1.85. The molecule has 1 aliphatic heterocycles. The Morgan fingerprint density at radius 1 is 1.25 bits per heavy atom. The summed E-state index contributed by atoms with van der Waals surface area (Å²) in [5, 5.41) is 15.7. The highest BCUT2D eigenvalue weighted by Crippen LogP contribution is 2.25. The van der Waals surface area contributed by atoms with Crippen LogP contribution in [0, 0.1) is 32.1 Å². The van der Waals surface area contributed by atoms with Crippen molar-refractivity contribution >= 4 is 17.7 Å². The van der Waals surface area contributed by atoms with E-state index in [-0.39, 0.29) is 23.5 Å². The number of anilines is 1. The lowest BCUT2D eigenvalue weighted by Gasteiger charge is -2.36. The number of nitrogens with one attached hydrogen (secondary N) is 1. The monoisotopic (exact) mass is 385 g/mol. The number of amides is 2. The number of hydrogen-bond acceptors (Lipinski definition) is 7. The Balaban J connectivity index is 1.58. The van der Waals surface area contributed by atoms with Crippen LogP contribution in [0.4, 0.5) is 5.88 Å². The van der Waals surface area contributed by atoms with Crippen LogP contribution in [-0.2, 0) is 4.79 Å². The van der Waals surface area contributed by atoms with Gasteiger partial charge in [-0.05, 0) is 27.7 Å². The molecule has 0 spiro atoms. The minimum absolute atomic E-state index is 0.184. The van der Waals surface area contributed by atoms with Gasteiger partial charge >= 0.3 is 0 Å². The fourth-order valence-electron chi connectivity index (χ4n) is 3.16. The van der Waals surface area contributed by atoms with E-state index < -0.39 is 6.04 Å². The van der Waals surface area contributed by atoms with E-state index in [1.54, 1.807) is 38.7 Å². The van der Waals surface area contributed by atoms with Crippen LogP contribution in [0.3, 0.4) is 0 Å². The van der Waals surface area contributed by atoms with E-state index in [0.717, 1.165) is 5.56 Å². The Bertz CT molecular complexity index is 931. The number of rotatable bonds is 4. The summed E-state index contributed by atoms with van der Waals surface area (Å²) in [7, 11) is 0. The highest BCUT2D eigenvalue weighted by Gasteiger charge is 2.30. The van der Waals surface area contributed by atoms with Crippen LogP contribution in [0.1, 0.15) is 40.1 Å². The maximum atomic E-state index is 12.6. The number of piperazine rings is 1. The Kier molecular flexibility index (Phi) is 5.51. The highest BCUT2D eigenvalue weighted by molar-refractivity contribution is 5.95. The average Bonchev–Trinajstić information content (AvgIpc) is 3.23. The topological polar surface area (TPSA) is 116 Å². The van der Waals surface area contributed by atoms with Gasteiger partial charge in [-0.3, -0.25) is 19.8 Å². The SMILES string of the molecule is Cc1cc(C(=O)N2CCN(C(C)C(=O)Nc3oc(C)c(C)c3C#N)CC2)on1. The Hall–Kier alpha value is -3.12. The molecule has 1 fully saturated rings. The molecule has 9 nitrogen and oxygen atoms in total. The van der Waals surface area contributed by atoms with Crippen LogP contribution >= 0.6 is 0 Å². The minimum atomic E-state index is -0.429. The molecule has 148 valence electrons. The molecular formula is C19H23N5O4. The molecule has 1 atom stereocenters. The van der Waals surface area contributed by atoms with Gasteiger partial charge in [0, 0.05) is 37.8 Å². The molecule has 0 aliphatic carbocycles. The molecule has 2 aromatic heterocycles. The second-order valence-electron chi connectivity index (χ2n) is 6.93. The molecule has 3 heterocycles. The quantitative estimate of drug-likeness (QED) is 0.854. The molecule has 9 heteroatoms. The molecule has 28 heavy (non-hydrogen) atoms. The fourth-order valence-corrected chi connectivity index (χ4v) is 3.16. The van der Waals surface area contributed by atoms with Crippen molar-refractivity contribution in [1.82, 2.24) is 15.0 Å². The Morgan fingerprint density at radius 2 is 1.93 bits per heavy atom. The third-order valence-electron chi connectivity index (χ3n) is 5.10. The first-order valence-electron chi connectivity index (χ1n) is 9.09. The molecule has 1 unspecified atom stereocenters. The molecule has 3 rings (SSSR count). The van der Waals surface area contributed by atoms with E-state index in [1.807, 2.05) is 4.90 Å². The number of furan rings is 1. The van der Waals surface area contributed by atoms with Gasteiger partial charge in [0.1, 0.15) is 17.4 Å². The average molecular weight is 385 g/mol. The smallest absolute Gasteiger partial charge is 0.292 e. The first kappa shape index (κ1) is 19.6. The molecule has 0 radical (unpaired) electrons. The van der Waals surface area contributed by atoms with Gasteiger partial charge in [0.25, 0.3) is 5.91 Å². The summed E-state index contributed by atoms with van der Waals surface area (Å²) in [4.78, 5) is 28.7. The van der Waals surface area contributed by atoms with Crippen molar-refractivity contribution in [2.75, 3.05) is 31.5 Å². The van der Waals surface area contributed by atoms with Gasteiger partial charge in [0.2, 0.25) is 17.6 Å². The van der Waals surface area contributed by atoms with Gasteiger partial charge in [-0.2, -0.15) is 5.26 Å². The largest absolute Gasteiger partial charge is 0.444 e. The number of carbonyl (C=O) groups is 2. The van der Waals surface area contributed by atoms with Gasteiger partial charge in [0.15, 0.2) is 0 Å². The van der Waals surface area contributed by atoms with Crippen LogP contribution in [0.2, 0.25) is 0 Å². The zero-order valence-corrected chi connectivity index (χ0v) is 16.4. The normalized spacial score (nSPS) is 15.9. The molecule has 1 N–H and O–H groups in total. The molecular weight excluding hydrogens is 362 g/mol. The second kappa shape index (κ2) is 7.86. The number of aryl methyl sites for hydroxylation is 2. The van der Waals surface area contributed by atoms with Crippen molar-refractivity contribution in [3.8, 4) is 6.07 Å². The Labute approximate surface area is 162 Å². The summed E-state index contributed by atoms with van der Waals surface area (Å²) in [5.74, 6) is 0.566. The second-order valence-corrected chi connectivity index (χ2v) is 6.93. The lowest BCUT2D eigenvalue weighted by Crippen LogP contribution is -2.54. The summed E-state index contributed by atoms with van der Waals surface area (Å²) < 4.78 is 10.5. The van der Waals surface area contributed by atoms with Crippen LogP contribution in [0.15, 0.2) is 15.0 Å². The summed E-state index contributed by atoms with van der Waals surface area (Å²) >= 11 is 0. The Morgan fingerprint density at radius 3 is 2.50 bits per heavy atom. The van der Waals surface area contributed by atoms with Gasteiger partial charge < -0.3 is 13.8 Å². The van der Waals surface area contributed by atoms with Crippen molar-refractivity contribution < 1.29 is 18.5 Å². The van der Waals surface area contributed by atoms with Crippen LogP contribution < -0.4 is 5.32 Å². The van der Waals surface area contributed by atoms with Crippen molar-refractivity contribution in [2.45, 2.75) is 33.7 Å². The van der Waals surface area contributed by atoms with Crippen molar-refractivity contribution in [3.05, 3.63) is 34.4 Å². The fraction of sp³-hybridized carbons (Fsp3) is 0.474. The zero-order chi connectivity index (χ0) is 20.4. The van der Waals surface area contributed by atoms with E-state index in [1.165, 1.54) is 0 Å². The van der Waals surface area contributed by atoms with E-state index in [9.17, 15) is 14.9 Å². The van der Waals surface area contributed by atoms with E-state index in [0.29, 0.717) is 43.2 Å². The number of nitriles is 1. The van der Waals surface area contributed by atoms with Crippen molar-refractivity contribution in [3.63, 3.8) is 0 Å². The molecule has 0 saturated carbocycles. The molecule has 0 aromatic carbocycles. The van der Waals surface area contributed by atoms with E-state index in [2.05, 4.69) is 16.5 Å². The zero-order valence-electron chi connectivity index (χ0n) is 16.4. The summed E-state index contributed by atoms with van der Waals surface area (Å²) in [6.07, 6.45) is 0. The van der Waals surface area contributed by atoms with E-state index >= 15 is 0 Å². The third-order valence-corrected chi connectivity index (χ3v) is 5.10. The molecule has 2 amide bonds. The first-order chi connectivity index (χ1) is 13.3. The summed E-state index contributed by atoms with van der Waals surface area (Å²) in [6, 6.07) is 3.25. The maximum Gasteiger partial charge on any atom is 0.292 e. The molecule has 1 saturated heterocycles. The predicted molar refractivity (Wildman–Crippen MR) is 99.7 cm³/mol. The molecule has 0 bridgehead atoms. The third kappa shape index (κ3) is 3.77. The first-order valence-corrected chi connectivity index (χ1v) is 9.09. The van der Waals surface area contributed by atoms with E-state index in [4.69, 9.17) is 8.94 Å². The minimum Gasteiger partial charge on any atom is -0.444 e. The molecule has 2 aromatic rings. The number of carbonyl (C=O) groups excluding carboxylic acids is 2. The van der Waals surface area contributed by atoms with Gasteiger partial charge in [0.05, 0.1) is 11.7 Å². The number of aromatic nitrogens is 1. The molecule has 1 aliphatic rings. The maximum absolute atomic E-state index is 12.6. The van der Waals surface area contributed by atoms with Crippen molar-refractivity contribution in [1.29, 1.82) is 5.26 Å². The lowest BCUT2D eigenvalue weighted by molar-refractivity contribution is -0.121. The van der Waals surface area contributed by atoms with Gasteiger partial charge in [-0.1, -0.05) is 5.16 Å². The summed E-state index contributed by atoms with van der Waals surface area (Å²) in [5.41, 5.74) is 1.73. The van der Waals surface area contributed by atoms with Gasteiger partial charge in [-0.25, -0.2) is 0 Å².